The van der Waals surface area contributed by atoms with Gasteiger partial charge in [0.25, 0.3) is 5.91 Å². The summed E-state index contributed by atoms with van der Waals surface area (Å²) in [7, 11) is 0. The minimum Gasteiger partial charge on any atom is -0.391 e. The fourth-order valence-electron chi connectivity index (χ4n) is 1.95. The Labute approximate surface area is 135 Å². The summed E-state index contributed by atoms with van der Waals surface area (Å²) < 4.78 is 14.1. The summed E-state index contributed by atoms with van der Waals surface area (Å²) >= 11 is 0. The van der Waals surface area contributed by atoms with Gasteiger partial charge in [-0.15, -0.1) is 0 Å². The maximum Gasteiger partial charge on any atom is 0.252 e. The Hall–Kier alpha value is -1.73. The van der Waals surface area contributed by atoms with Gasteiger partial charge in [0.05, 0.1) is 28.6 Å². The molecule has 0 saturated heterocycles. The van der Waals surface area contributed by atoms with Crippen LogP contribution >= 0.6 is 0 Å². The molecule has 130 valence electrons. The smallest absolute Gasteiger partial charge is 0.252 e. The van der Waals surface area contributed by atoms with Crippen LogP contribution in [0.2, 0.25) is 0 Å². The molecule has 5 N–H and O–H groups in total. The van der Waals surface area contributed by atoms with Crippen LogP contribution in [0, 0.1) is 5.92 Å². The van der Waals surface area contributed by atoms with Crippen molar-refractivity contribution in [3.05, 3.63) is 23.5 Å². The molecule has 0 aliphatic carbocycles. The van der Waals surface area contributed by atoms with E-state index in [-0.39, 0.29) is 30.1 Å². The molecule has 0 fully saturated rings. The lowest BCUT2D eigenvalue weighted by molar-refractivity contribution is -0.00307. The molecule has 1 aromatic heterocycles. The van der Waals surface area contributed by atoms with Crippen LogP contribution in [0.3, 0.4) is 0 Å². The zero-order chi connectivity index (χ0) is 17.8. The van der Waals surface area contributed by atoms with Crippen LogP contribution in [0.1, 0.15) is 43.7 Å². The summed E-state index contributed by atoms with van der Waals surface area (Å²) in [5.74, 6) is -0.691. The van der Waals surface area contributed by atoms with Gasteiger partial charge in [0, 0.05) is 19.2 Å². The zero-order valence-corrected chi connectivity index (χ0v) is 14.0. The van der Waals surface area contributed by atoms with Crippen LogP contribution in [0.15, 0.2) is 12.3 Å². The highest BCUT2D eigenvalue weighted by molar-refractivity contribution is 5.99. The van der Waals surface area contributed by atoms with E-state index in [9.17, 15) is 19.4 Å². The number of carbonyl (C=O) groups is 1. The van der Waals surface area contributed by atoms with Crippen molar-refractivity contribution in [2.75, 3.05) is 11.9 Å². The van der Waals surface area contributed by atoms with E-state index >= 15 is 0 Å². The second kappa shape index (κ2) is 7.70. The third-order valence-corrected chi connectivity index (χ3v) is 3.69. The van der Waals surface area contributed by atoms with E-state index < -0.39 is 23.8 Å². The Morgan fingerprint density at radius 1 is 1.48 bits per heavy atom. The molecule has 23 heavy (non-hydrogen) atoms. The molecule has 0 spiro atoms. The number of aliphatic hydroxyl groups excluding tert-OH is 1. The second-order valence-corrected chi connectivity index (χ2v) is 6.56. The van der Waals surface area contributed by atoms with Crippen molar-refractivity contribution >= 4 is 11.6 Å². The molecule has 7 heteroatoms. The van der Waals surface area contributed by atoms with Gasteiger partial charge in [-0.2, -0.15) is 0 Å². The van der Waals surface area contributed by atoms with Gasteiger partial charge in [-0.1, -0.05) is 13.8 Å². The summed E-state index contributed by atoms with van der Waals surface area (Å²) in [6.07, 6.45) is -0.991. The van der Waals surface area contributed by atoms with Gasteiger partial charge in [-0.25, -0.2) is 4.39 Å². The van der Waals surface area contributed by atoms with E-state index in [0.717, 1.165) is 0 Å². The second-order valence-electron chi connectivity index (χ2n) is 6.56. The SMILES string of the molecule is CC(C)C(O)CNc1ccnc(C[C@@H](F)C(C)(C)O)c1C(N)=O. The summed E-state index contributed by atoms with van der Waals surface area (Å²) in [4.78, 5) is 15.8. The maximum atomic E-state index is 14.1. The lowest BCUT2D eigenvalue weighted by atomic mass is 9.96. The average Bonchev–Trinajstić information content (AvgIpc) is 2.43. The molecule has 0 aliphatic rings. The summed E-state index contributed by atoms with van der Waals surface area (Å²) in [5, 5.41) is 22.5. The zero-order valence-electron chi connectivity index (χ0n) is 14.0. The molecule has 0 saturated carbocycles. The van der Waals surface area contributed by atoms with Crippen LogP contribution in [0.4, 0.5) is 10.1 Å². The molecule has 0 aliphatic heterocycles. The number of alkyl halides is 1. The molecular weight excluding hydrogens is 301 g/mol. The predicted octanol–water partition coefficient (Wildman–Crippen LogP) is 1.26. The van der Waals surface area contributed by atoms with E-state index in [0.29, 0.717) is 5.69 Å². The molecule has 0 aromatic carbocycles. The van der Waals surface area contributed by atoms with Crippen molar-refractivity contribution < 1.29 is 19.4 Å². The number of halogens is 1. The number of carbonyl (C=O) groups excluding carboxylic acids is 1. The number of aliphatic hydroxyl groups is 2. The predicted molar refractivity (Wildman–Crippen MR) is 87.0 cm³/mol. The minimum atomic E-state index is -1.59. The molecule has 1 amide bonds. The summed E-state index contributed by atoms with van der Waals surface area (Å²) in [6, 6.07) is 1.55. The number of nitrogens with zero attached hydrogens (tertiary/aromatic N) is 1. The molecule has 6 nitrogen and oxygen atoms in total. The molecule has 0 bridgehead atoms. The van der Waals surface area contributed by atoms with Crippen LogP contribution < -0.4 is 11.1 Å². The Morgan fingerprint density at radius 2 is 2.09 bits per heavy atom. The Bertz CT molecular complexity index is 544. The molecule has 2 atom stereocenters. The summed E-state index contributed by atoms with van der Waals surface area (Å²) in [6.45, 7) is 6.67. The first-order valence-corrected chi connectivity index (χ1v) is 7.60. The quantitative estimate of drug-likeness (QED) is 0.575. The Balaban J connectivity index is 3.05. The van der Waals surface area contributed by atoms with Crippen molar-refractivity contribution in [2.45, 2.75) is 52.0 Å². The van der Waals surface area contributed by atoms with E-state index in [1.54, 1.807) is 6.07 Å². The molecule has 1 aromatic rings. The number of anilines is 1. The van der Waals surface area contributed by atoms with Gasteiger partial charge < -0.3 is 21.3 Å². The lowest BCUT2D eigenvalue weighted by Crippen LogP contribution is -2.35. The number of hydrogen-bond acceptors (Lipinski definition) is 5. The first-order valence-electron chi connectivity index (χ1n) is 7.60. The van der Waals surface area contributed by atoms with Gasteiger partial charge >= 0.3 is 0 Å². The van der Waals surface area contributed by atoms with Gasteiger partial charge in [0.2, 0.25) is 0 Å². The topological polar surface area (TPSA) is 108 Å². The van der Waals surface area contributed by atoms with Crippen LogP contribution in [0.5, 0.6) is 0 Å². The third-order valence-electron chi connectivity index (χ3n) is 3.69. The number of pyridine rings is 1. The van der Waals surface area contributed by atoms with Gasteiger partial charge in [0.15, 0.2) is 0 Å². The number of nitrogens with one attached hydrogen (secondary N) is 1. The normalized spacial score (nSPS) is 14.6. The van der Waals surface area contributed by atoms with Gasteiger partial charge in [-0.3, -0.25) is 9.78 Å². The highest BCUT2D eigenvalue weighted by Gasteiger charge is 2.29. The Morgan fingerprint density at radius 3 is 2.57 bits per heavy atom. The number of rotatable bonds is 8. The van der Waals surface area contributed by atoms with E-state index in [1.165, 1.54) is 20.0 Å². The lowest BCUT2D eigenvalue weighted by Gasteiger charge is -2.23. The Kier molecular flexibility index (Phi) is 6.47. The van der Waals surface area contributed by atoms with Gasteiger partial charge in [-0.05, 0) is 25.8 Å². The highest BCUT2D eigenvalue weighted by Crippen LogP contribution is 2.23. The van der Waals surface area contributed by atoms with E-state index in [4.69, 9.17) is 5.73 Å². The largest absolute Gasteiger partial charge is 0.391 e. The van der Waals surface area contributed by atoms with Gasteiger partial charge in [0.1, 0.15) is 6.17 Å². The van der Waals surface area contributed by atoms with E-state index in [1.807, 2.05) is 13.8 Å². The highest BCUT2D eigenvalue weighted by atomic mass is 19.1. The fourth-order valence-corrected chi connectivity index (χ4v) is 1.95. The molecule has 0 radical (unpaired) electrons. The number of aromatic nitrogens is 1. The molecule has 1 heterocycles. The standard InChI is InChI=1S/C16H26FN3O3/c1-9(2)12(21)8-20-10-5-6-19-11(14(10)15(18)22)7-13(17)16(3,4)23/h5-6,9,12-13,21,23H,7-8H2,1-4H3,(H2,18,22)(H,19,20)/t12?,13-/m1/s1. The van der Waals surface area contributed by atoms with Crippen molar-refractivity contribution in [3.8, 4) is 0 Å². The van der Waals surface area contributed by atoms with E-state index in [2.05, 4.69) is 10.3 Å². The summed E-state index contributed by atoms with van der Waals surface area (Å²) in [5.41, 5.74) is 4.50. The first-order chi connectivity index (χ1) is 10.5. The van der Waals surface area contributed by atoms with Crippen molar-refractivity contribution in [3.63, 3.8) is 0 Å². The number of hydrogen-bond donors (Lipinski definition) is 4. The van der Waals surface area contributed by atoms with Crippen molar-refractivity contribution in [1.82, 2.24) is 4.98 Å². The first kappa shape index (κ1) is 19.3. The number of nitrogens with two attached hydrogens (primary N) is 1. The third kappa shape index (κ3) is 5.44. The van der Waals surface area contributed by atoms with Crippen molar-refractivity contribution in [2.24, 2.45) is 11.7 Å². The molecule has 1 rings (SSSR count). The average molecular weight is 327 g/mol. The molecule has 1 unspecified atom stereocenters. The van der Waals surface area contributed by atoms with Crippen LogP contribution in [-0.2, 0) is 6.42 Å². The number of primary amides is 1. The molecular formula is C16H26FN3O3. The van der Waals surface area contributed by atoms with Crippen LogP contribution in [0.25, 0.3) is 0 Å². The monoisotopic (exact) mass is 327 g/mol. The maximum absolute atomic E-state index is 14.1. The van der Waals surface area contributed by atoms with Crippen LogP contribution in [-0.4, -0.2) is 45.5 Å². The van der Waals surface area contributed by atoms with Crippen molar-refractivity contribution in [1.29, 1.82) is 0 Å². The number of amides is 1. The minimum absolute atomic E-state index is 0.0475. The fraction of sp³-hybridized carbons (Fsp3) is 0.625.